The third-order valence-corrected chi connectivity index (χ3v) is 6.18. The number of hydrogen-bond acceptors (Lipinski definition) is 3. The van der Waals surface area contributed by atoms with E-state index in [-0.39, 0.29) is 11.8 Å². The first kappa shape index (κ1) is 20.8. The summed E-state index contributed by atoms with van der Waals surface area (Å²) in [7, 11) is 3.30. The van der Waals surface area contributed by atoms with Crippen molar-refractivity contribution < 1.29 is 9.59 Å². The minimum absolute atomic E-state index is 0.0430. The van der Waals surface area contributed by atoms with E-state index in [4.69, 9.17) is 0 Å². The molecule has 0 saturated heterocycles. The van der Waals surface area contributed by atoms with Gasteiger partial charge in [0.1, 0.15) is 0 Å². The van der Waals surface area contributed by atoms with Crippen molar-refractivity contribution >= 4 is 38.8 Å². The molecule has 1 aliphatic rings. The van der Waals surface area contributed by atoms with Gasteiger partial charge in [0.05, 0.1) is 5.56 Å². The Hall–Kier alpha value is -2.92. The molecule has 0 atom stereocenters. The predicted octanol–water partition coefficient (Wildman–Crippen LogP) is 4.79. The second-order valence-corrected chi connectivity index (χ2v) is 7.99. The molecule has 2 aromatic rings. The number of hydrogen-bond donors (Lipinski definition) is 2. The van der Waals surface area contributed by atoms with E-state index in [0.29, 0.717) is 5.57 Å². The third kappa shape index (κ3) is 4.74. The number of rotatable bonds is 6. The number of carbonyl (C=O) groups excluding carboxylic acids is 2. The Balaban J connectivity index is 1.92. The van der Waals surface area contributed by atoms with Crippen LogP contribution in [-0.4, -0.2) is 25.9 Å². The molecule has 1 aromatic heterocycles. The van der Waals surface area contributed by atoms with E-state index in [1.165, 1.54) is 5.57 Å². The summed E-state index contributed by atoms with van der Waals surface area (Å²) in [6.07, 6.45) is 14.8. The molecule has 2 N–H and O–H groups in total. The fraction of sp³-hybridized carbons (Fsp3) is 0.250. The van der Waals surface area contributed by atoms with Gasteiger partial charge in [-0.25, -0.2) is 0 Å². The first-order valence-corrected chi connectivity index (χ1v) is 10.6. The number of allylic oxidation sites excluding steroid dienone is 7. The molecule has 0 unspecified atom stereocenters. The summed E-state index contributed by atoms with van der Waals surface area (Å²) in [5.41, 5.74) is 3.80. The minimum atomic E-state index is -0.0797. The average Bonchev–Trinajstić information content (AvgIpc) is 3.14. The molecule has 1 heterocycles. The van der Waals surface area contributed by atoms with Crippen molar-refractivity contribution in [2.24, 2.45) is 0 Å². The van der Waals surface area contributed by atoms with Crippen molar-refractivity contribution in [3.63, 3.8) is 0 Å². The summed E-state index contributed by atoms with van der Waals surface area (Å²) < 4.78 is 1.12. The molecule has 0 radical (unpaired) electrons. The number of fused-ring (bicyclic) bond motifs is 1. The van der Waals surface area contributed by atoms with E-state index in [1.807, 2.05) is 12.2 Å². The number of amides is 2. The maximum atomic E-state index is 12.7. The van der Waals surface area contributed by atoms with Crippen LogP contribution in [-0.2, 0) is 11.2 Å². The molecule has 29 heavy (non-hydrogen) atoms. The number of thiophene rings is 1. The Morgan fingerprint density at radius 1 is 1.21 bits per heavy atom. The van der Waals surface area contributed by atoms with E-state index < -0.39 is 0 Å². The molecule has 0 bridgehead atoms. The molecule has 0 aliphatic heterocycles. The van der Waals surface area contributed by atoms with Gasteiger partial charge in [-0.2, -0.15) is 0 Å². The van der Waals surface area contributed by atoms with Crippen LogP contribution < -0.4 is 10.6 Å². The average molecular weight is 407 g/mol. The van der Waals surface area contributed by atoms with Gasteiger partial charge in [0, 0.05) is 34.6 Å². The van der Waals surface area contributed by atoms with Crippen LogP contribution in [0.5, 0.6) is 0 Å². The van der Waals surface area contributed by atoms with Crippen molar-refractivity contribution in [2.75, 3.05) is 14.1 Å². The van der Waals surface area contributed by atoms with Crippen LogP contribution in [0.1, 0.15) is 40.6 Å². The van der Waals surface area contributed by atoms with Crippen molar-refractivity contribution in [3.8, 4) is 0 Å². The Kier molecular flexibility index (Phi) is 6.83. The summed E-state index contributed by atoms with van der Waals surface area (Å²) in [4.78, 5) is 25.3. The predicted molar refractivity (Wildman–Crippen MR) is 122 cm³/mol. The molecule has 5 heteroatoms. The van der Waals surface area contributed by atoms with E-state index in [0.717, 1.165) is 45.4 Å². The molecule has 0 saturated carbocycles. The lowest BCUT2D eigenvalue weighted by Gasteiger charge is -2.09. The standard InChI is InChI=1S/C24H26N2O2S/c1-16(23(27)25-2)9-7-8-10-17-13-14-20-19(15-17)21(24(28)26-3)22(29-20)18-11-5-4-6-12-18/h4-5,7-9,11,13-15H,6,10,12H2,1-3H3,(H,25,27)(H,26,28)/b8-7-,16-9+. The highest BCUT2D eigenvalue weighted by Gasteiger charge is 2.21. The van der Waals surface area contributed by atoms with E-state index >= 15 is 0 Å². The molecule has 0 spiro atoms. The lowest BCUT2D eigenvalue weighted by molar-refractivity contribution is -0.116. The first-order valence-electron chi connectivity index (χ1n) is 9.74. The Morgan fingerprint density at radius 2 is 2.03 bits per heavy atom. The lowest BCUT2D eigenvalue weighted by atomic mass is 9.98. The van der Waals surface area contributed by atoms with Crippen LogP contribution in [0, 0.1) is 0 Å². The van der Waals surface area contributed by atoms with Gasteiger partial charge >= 0.3 is 0 Å². The maximum absolute atomic E-state index is 12.7. The Labute approximate surface area is 175 Å². The molecule has 150 valence electrons. The van der Waals surface area contributed by atoms with Gasteiger partial charge in [0.15, 0.2) is 0 Å². The fourth-order valence-electron chi connectivity index (χ4n) is 3.33. The molecule has 0 fully saturated rings. The van der Waals surface area contributed by atoms with Gasteiger partial charge in [0.25, 0.3) is 5.91 Å². The third-order valence-electron chi connectivity index (χ3n) is 4.93. The highest BCUT2D eigenvalue weighted by molar-refractivity contribution is 7.20. The van der Waals surface area contributed by atoms with Crippen molar-refractivity contribution in [2.45, 2.75) is 26.2 Å². The van der Waals surface area contributed by atoms with Crippen molar-refractivity contribution in [3.05, 3.63) is 76.2 Å². The Morgan fingerprint density at radius 3 is 2.72 bits per heavy atom. The number of benzene rings is 1. The highest BCUT2D eigenvalue weighted by Crippen LogP contribution is 2.39. The molecule has 1 aromatic carbocycles. The van der Waals surface area contributed by atoms with Gasteiger partial charge in [-0.1, -0.05) is 42.5 Å². The molecule has 3 rings (SSSR count). The largest absolute Gasteiger partial charge is 0.355 e. The summed E-state index contributed by atoms with van der Waals surface area (Å²) in [5.74, 6) is -0.123. The molecule has 2 amide bonds. The zero-order valence-electron chi connectivity index (χ0n) is 17.0. The van der Waals surface area contributed by atoms with E-state index in [1.54, 1.807) is 38.4 Å². The fourth-order valence-corrected chi connectivity index (χ4v) is 4.56. The van der Waals surface area contributed by atoms with E-state index in [2.05, 4.69) is 47.1 Å². The summed E-state index contributed by atoms with van der Waals surface area (Å²) in [6.45, 7) is 1.78. The first-order chi connectivity index (χ1) is 14.0. The summed E-state index contributed by atoms with van der Waals surface area (Å²) in [6, 6.07) is 6.31. The van der Waals surface area contributed by atoms with Gasteiger partial charge in [0.2, 0.25) is 5.91 Å². The summed E-state index contributed by atoms with van der Waals surface area (Å²) >= 11 is 1.69. The normalized spacial score (nSPS) is 14.3. The van der Waals surface area contributed by atoms with Crippen LogP contribution in [0.3, 0.4) is 0 Å². The number of nitrogens with one attached hydrogen (secondary N) is 2. The quantitative estimate of drug-likeness (QED) is 0.535. The van der Waals surface area contributed by atoms with Crippen molar-refractivity contribution in [1.29, 1.82) is 0 Å². The molecular formula is C24H26N2O2S. The highest BCUT2D eigenvalue weighted by atomic mass is 32.1. The second-order valence-electron chi connectivity index (χ2n) is 6.94. The molecular weight excluding hydrogens is 380 g/mol. The van der Waals surface area contributed by atoms with Gasteiger partial charge in [-0.15, -0.1) is 11.3 Å². The number of carbonyl (C=O) groups is 2. The van der Waals surface area contributed by atoms with Gasteiger partial charge in [-0.05, 0) is 49.5 Å². The topological polar surface area (TPSA) is 58.2 Å². The van der Waals surface area contributed by atoms with Gasteiger partial charge in [-0.3, -0.25) is 9.59 Å². The zero-order valence-corrected chi connectivity index (χ0v) is 17.9. The van der Waals surface area contributed by atoms with Crippen LogP contribution >= 0.6 is 11.3 Å². The maximum Gasteiger partial charge on any atom is 0.253 e. The van der Waals surface area contributed by atoms with Crippen LogP contribution in [0.15, 0.2) is 60.2 Å². The zero-order chi connectivity index (χ0) is 20.8. The monoisotopic (exact) mass is 406 g/mol. The summed E-state index contributed by atoms with van der Waals surface area (Å²) in [5, 5.41) is 6.41. The smallest absolute Gasteiger partial charge is 0.253 e. The van der Waals surface area contributed by atoms with Crippen LogP contribution in [0.25, 0.3) is 15.7 Å². The van der Waals surface area contributed by atoms with Crippen LogP contribution in [0.4, 0.5) is 0 Å². The molecule has 1 aliphatic carbocycles. The van der Waals surface area contributed by atoms with E-state index in [9.17, 15) is 9.59 Å². The Bertz CT molecular complexity index is 1050. The lowest BCUT2D eigenvalue weighted by Crippen LogP contribution is -2.18. The van der Waals surface area contributed by atoms with Crippen molar-refractivity contribution in [1.82, 2.24) is 10.6 Å². The molecule has 4 nitrogen and oxygen atoms in total. The minimum Gasteiger partial charge on any atom is -0.355 e. The number of likely N-dealkylation sites (N-methyl/N-ethyl adjacent to an activating group) is 1. The second kappa shape index (κ2) is 9.52. The van der Waals surface area contributed by atoms with Crippen LogP contribution in [0.2, 0.25) is 0 Å². The SMILES string of the molecule is CNC(=O)/C(C)=C/C=C\Cc1ccc2sc(C3=CC=CCC3)c(C(=O)NC)c2c1. The van der Waals surface area contributed by atoms with Gasteiger partial charge < -0.3 is 10.6 Å².